The lowest BCUT2D eigenvalue weighted by molar-refractivity contribution is -0.0146. The van der Waals surface area contributed by atoms with Gasteiger partial charge >= 0.3 is 8.18 Å². The lowest BCUT2D eigenvalue weighted by atomic mass is 10.2. The molecule has 148 valence electrons. The molecule has 2 aromatic heterocycles. The van der Waals surface area contributed by atoms with Crippen LogP contribution in [0.25, 0.3) is 11.2 Å². The normalized spacial score (nSPS) is 19.2. The highest BCUT2D eigenvalue weighted by atomic mass is 31.1. The number of nitroso groups, excluding NO2 is 1. The van der Waals surface area contributed by atoms with Gasteiger partial charge in [-0.2, -0.15) is 0 Å². The van der Waals surface area contributed by atoms with Gasteiger partial charge in [0.15, 0.2) is 17.0 Å². The Balaban J connectivity index is 1.50. The summed E-state index contributed by atoms with van der Waals surface area (Å²) in [6.45, 7) is 0.0113. The number of benzene rings is 1. The number of ether oxygens (including phenoxy) is 1. The summed E-state index contributed by atoms with van der Waals surface area (Å²) in [6.07, 6.45) is 3.53. The lowest BCUT2D eigenvalue weighted by Crippen LogP contribution is -2.15. The van der Waals surface area contributed by atoms with Crippen LogP contribution in [-0.4, -0.2) is 38.1 Å². The molecule has 0 aliphatic carbocycles. The van der Waals surface area contributed by atoms with Crippen LogP contribution in [0.1, 0.15) is 29.4 Å². The third kappa shape index (κ3) is 4.16. The van der Waals surface area contributed by atoms with E-state index in [0.717, 1.165) is 0 Å². The number of hydrogen-bond donors (Lipinski definition) is 1. The maximum Gasteiger partial charge on any atom is 0.708 e. The number of hydrogen-bond acceptors (Lipinski definition) is 8. The molecular weight excluding hydrogens is 399 g/mol. The fourth-order valence-corrected chi connectivity index (χ4v) is 3.45. The number of anilines is 1. The average molecular weight is 415 g/mol. The van der Waals surface area contributed by atoms with Gasteiger partial charge in [-0.3, -0.25) is 9.36 Å². The fraction of sp³-hybridized carbons (Fsp3) is 0.294. The topological polar surface area (TPSA) is 138 Å². The molecule has 1 aliphatic heterocycles. The number of rotatable bonds is 7. The molecule has 1 fully saturated rings. The van der Waals surface area contributed by atoms with E-state index in [1.807, 2.05) is 6.07 Å². The number of carbonyl (C=O) groups excluding carboxylic acids is 1. The Hall–Kier alpha value is -3.14. The summed E-state index contributed by atoms with van der Waals surface area (Å²) in [7, 11) is -2.55. The first-order valence-corrected chi connectivity index (χ1v) is 9.91. The minimum absolute atomic E-state index is 0.0113. The second-order valence-electron chi connectivity index (χ2n) is 6.27. The van der Waals surface area contributed by atoms with Crippen molar-refractivity contribution < 1.29 is 18.6 Å². The second-order valence-corrected chi connectivity index (χ2v) is 7.17. The van der Waals surface area contributed by atoms with E-state index in [4.69, 9.17) is 9.26 Å². The van der Waals surface area contributed by atoms with Gasteiger partial charge in [-0.15, -0.1) is 4.52 Å². The maximum absolute atomic E-state index is 12.4. The van der Waals surface area contributed by atoms with Gasteiger partial charge in [0.2, 0.25) is 4.95 Å². The third-order valence-electron chi connectivity index (χ3n) is 4.46. The molecule has 0 saturated carbocycles. The SMILES string of the molecule is O=N[P+](=O)OC[C@@H]1CC[C@H](n2cnc3c(NC(=O)c4ccccc4)ncnc32)O1. The molecule has 1 aromatic carbocycles. The summed E-state index contributed by atoms with van der Waals surface area (Å²) in [5.74, 6) is 0.00177. The first-order chi connectivity index (χ1) is 14.2. The van der Waals surface area contributed by atoms with E-state index in [0.29, 0.717) is 35.4 Å². The van der Waals surface area contributed by atoms with Crippen molar-refractivity contribution in [2.24, 2.45) is 4.95 Å². The number of nitrogens with one attached hydrogen (secondary N) is 1. The molecule has 1 unspecified atom stereocenters. The largest absolute Gasteiger partial charge is 0.708 e. The van der Waals surface area contributed by atoms with E-state index >= 15 is 0 Å². The Labute approximate surface area is 165 Å². The number of aromatic nitrogens is 4. The summed E-state index contributed by atoms with van der Waals surface area (Å²) in [4.78, 5) is 37.6. The Kier molecular flexibility index (Phi) is 5.61. The zero-order valence-electron chi connectivity index (χ0n) is 15.0. The molecule has 1 amide bonds. The van der Waals surface area contributed by atoms with E-state index in [2.05, 4.69) is 25.2 Å². The van der Waals surface area contributed by atoms with Crippen molar-refractivity contribution in [2.75, 3.05) is 11.9 Å². The molecule has 3 aromatic rings. The number of amides is 1. The van der Waals surface area contributed by atoms with E-state index in [9.17, 15) is 14.3 Å². The van der Waals surface area contributed by atoms with Gasteiger partial charge in [0, 0.05) is 10.1 Å². The van der Waals surface area contributed by atoms with Crippen molar-refractivity contribution in [3.63, 3.8) is 0 Å². The van der Waals surface area contributed by atoms with Crippen molar-refractivity contribution in [2.45, 2.75) is 25.2 Å². The predicted octanol–water partition coefficient (Wildman–Crippen LogP) is 3.20. The summed E-state index contributed by atoms with van der Waals surface area (Å²) >= 11 is 0. The molecule has 4 rings (SSSR count). The quantitative estimate of drug-likeness (QED) is 0.459. The number of nitrogens with zero attached hydrogens (tertiary/aromatic N) is 5. The summed E-state index contributed by atoms with van der Waals surface area (Å²) in [5, 5.41) is 2.75. The van der Waals surface area contributed by atoms with Gasteiger partial charge in [0.1, 0.15) is 19.2 Å². The zero-order chi connectivity index (χ0) is 20.2. The van der Waals surface area contributed by atoms with Crippen LogP contribution in [0.4, 0.5) is 5.82 Å². The molecule has 1 N–H and O–H groups in total. The van der Waals surface area contributed by atoms with E-state index in [1.165, 1.54) is 6.33 Å². The molecule has 1 saturated heterocycles. The Morgan fingerprint density at radius 2 is 2.10 bits per heavy atom. The minimum Gasteiger partial charge on any atom is -0.352 e. The van der Waals surface area contributed by atoms with Crippen LogP contribution in [0.15, 0.2) is 47.9 Å². The minimum atomic E-state index is -2.55. The van der Waals surface area contributed by atoms with Crippen LogP contribution >= 0.6 is 8.18 Å². The molecule has 0 spiro atoms. The summed E-state index contributed by atoms with van der Waals surface area (Å²) in [6, 6.07) is 8.79. The van der Waals surface area contributed by atoms with Crippen molar-refractivity contribution in [1.82, 2.24) is 19.5 Å². The van der Waals surface area contributed by atoms with Gasteiger partial charge in [-0.05, 0) is 25.0 Å². The van der Waals surface area contributed by atoms with Gasteiger partial charge < -0.3 is 10.1 Å². The average Bonchev–Trinajstić information content (AvgIpc) is 3.40. The number of fused-ring (bicyclic) bond motifs is 1. The lowest BCUT2D eigenvalue weighted by Gasteiger charge is -2.13. The Morgan fingerprint density at radius 1 is 1.28 bits per heavy atom. The summed E-state index contributed by atoms with van der Waals surface area (Å²) < 4.78 is 23.5. The third-order valence-corrected chi connectivity index (χ3v) is 4.96. The van der Waals surface area contributed by atoms with Gasteiger partial charge in [0.25, 0.3) is 5.91 Å². The standard InChI is InChI=1S/C17H15N6O5P/c24-17(11-4-2-1-3-5-11)21-15-14-16(19-9-18-15)23(10-20-14)13-7-6-12(28-13)8-27-29(26)22-25/h1-5,9-10,12-13H,6-8H2/p+1/t12-,13+/m0/s1. The van der Waals surface area contributed by atoms with Gasteiger partial charge in [-0.25, -0.2) is 15.0 Å². The molecule has 29 heavy (non-hydrogen) atoms. The highest BCUT2D eigenvalue weighted by Gasteiger charge is 2.32. The molecule has 0 radical (unpaired) electrons. The Morgan fingerprint density at radius 3 is 2.90 bits per heavy atom. The van der Waals surface area contributed by atoms with Crippen LogP contribution in [0.5, 0.6) is 0 Å². The molecule has 3 heterocycles. The number of imidazole rings is 1. The van der Waals surface area contributed by atoms with Crippen LogP contribution < -0.4 is 5.32 Å². The molecule has 11 nitrogen and oxygen atoms in total. The monoisotopic (exact) mass is 415 g/mol. The van der Waals surface area contributed by atoms with E-state index in [1.54, 1.807) is 35.2 Å². The van der Waals surface area contributed by atoms with E-state index in [-0.39, 0.29) is 24.8 Å². The smallest absolute Gasteiger partial charge is 0.352 e. The molecule has 3 atom stereocenters. The van der Waals surface area contributed by atoms with Crippen LogP contribution in [-0.2, 0) is 13.8 Å². The highest BCUT2D eigenvalue weighted by Crippen LogP contribution is 2.33. The predicted molar refractivity (Wildman–Crippen MR) is 102 cm³/mol. The maximum atomic E-state index is 12.4. The van der Waals surface area contributed by atoms with Gasteiger partial charge in [-0.1, -0.05) is 23.1 Å². The fourth-order valence-electron chi connectivity index (χ4n) is 3.11. The first-order valence-electron chi connectivity index (χ1n) is 8.78. The molecule has 0 bridgehead atoms. The first kappa shape index (κ1) is 19.2. The molecule has 12 heteroatoms. The van der Waals surface area contributed by atoms with Crippen LogP contribution in [0.3, 0.4) is 0 Å². The van der Waals surface area contributed by atoms with Crippen LogP contribution in [0, 0.1) is 4.91 Å². The summed E-state index contributed by atoms with van der Waals surface area (Å²) in [5.41, 5.74) is 1.45. The van der Waals surface area contributed by atoms with Crippen molar-refractivity contribution in [3.05, 3.63) is 53.5 Å². The second kappa shape index (κ2) is 8.48. The molecular formula is C17H16N6O5P+. The molecule has 1 aliphatic rings. The van der Waals surface area contributed by atoms with Crippen LogP contribution in [0.2, 0.25) is 0 Å². The Bertz CT molecular complexity index is 1060. The highest BCUT2D eigenvalue weighted by molar-refractivity contribution is 7.37. The zero-order valence-corrected chi connectivity index (χ0v) is 15.9. The van der Waals surface area contributed by atoms with E-state index < -0.39 is 8.18 Å². The van der Waals surface area contributed by atoms with Crippen molar-refractivity contribution in [3.8, 4) is 0 Å². The van der Waals surface area contributed by atoms with Gasteiger partial charge in [0.05, 0.1) is 12.4 Å². The van der Waals surface area contributed by atoms with Crippen molar-refractivity contribution >= 4 is 31.1 Å². The number of carbonyl (C=O) groups is 1. The van der Waals surface area contributed by atoms with Crippen molar-refractivity contribution in [1.29, 1.82) is 0 Å².